The van der Waals surface area contributed by atoms with Gasteiger partial charge in [-0.3, -0.25) is 5.10 Å². The van der Waals surface area contributed by atoms with E-state index in [2.05, 4.69) is 50.6 Å². The van der Waals surface area contributed by atoms with Crippen LogP contribution in [0.5, 0.6) is 5.75 Å². The lowest BCUT2D eigenvalue weighted by atomic mass is 9.92. The van der Waals surface area contributed by atoms with E-state index in [9.17, 15) is 5.26 Å². The molecule has 1 aromatic heterocycles. The number of H-pyrrole nitrogens is 1. The fourth-order valence-electron chi connectivity index (χ4n) is 5.72. The highest BCUT2D eigenvalue weighted by Gasteiger charge is 2.32. The number of hydrogen-bond donors (Lipinski definition) is 2. The van der Waals surface area contributed by atoms with E-state index in [4.69, 9.17) is 4.74 Å². The Balaban J connectivity index is 1.44. The maximum atomic E-state index is 15.3. The number of rotatable bonds is 4. The Morgan fingerprint density at radius 3 is 2.86 bits per heavy atom. The summed E-state index contributed by atoms with van der Waals surface area (Å²) in [5, 5.41) is 21.4. The van der Waals surface area contributed by atoms with E-state index in [1.54, 1.807) is 6.07 Å². The van der Waals surface area contributed by atoms with Crippen molar-refractivity contribution in [2.45, 2.75) is 19.5 Å². The van der Waals surface area contributed by atoms with E-state index in [1.807, 2.05) is 32.2 Å². The number of nitrogens with one attached hydrogen (secondary N) is 2. The Hall–Kier alpha value is -3.93. The van der Waals surface area contributed by atoms with Crippen LogP contribution < -0.4 is 15.0 Å². The molecule has 7 nitrogen and oxygen atoms in total. The van der Waals surface area contributed by atoms with Gasteiger partial charge in [-0.25, -0.2) is 4.39 Å². The van der Waals surface area contributed by atoms with Gasteiger partial charge in [0.05, 0.1) is 28.9 Å². The maximum absolute atomic E-state index is 15.3. The second-order valence-corrected chi connectivity index (χ2v) is 10.0. The van der Waals surface area contributed by atoms with Crippen LogP contribution in [0.3, 0.4) is 0 Å². The Kier molecular flexibility index (Phi) is 5.82. The number of benzene rings is 3. The summed E-state index contributed by atoms with van der Waals surface area (Å²) in [6, 6.07) is 15.9. The van der Waals surface area contributed by atoms with Gasteiger partial charge in [-0.15, -0.1) is 0 Å². The van der Waals surface area contributed by atoms with Crippen LogP contribution in [0.25, 0.3) is 33.3 Å². The van der Waals surface area contributed by atoms with Gasteiger partial charge >= 0.3 is 0 Å². The summed E-state index contributed by atoms with van der Waals surface area (Å²) in [5.74, 6) is 0.514. The summed E-state index contributed by atoms with van der Waals surface area (Å²) in [4.78, 5) is 4.78. The van der Waals surface area contributed by atoms with Crippen molar-refractivity contribution in [3.05, 3.63) is 65.0 Å². The average Bonchev–Trinajstić information content (AvgIpc) is 3.30. The van der Waals surface area contributed by atoms with Gasteiger partial charge < -0.3 is 19.9 Å². The summed E-state index contributed by atoms with van der Waals surface area (Å²) < 4.78 is 21.5. The molecule has 8 heteroatoms. The molecule has 2 aliphatic heterocycles. The molecule has 1 saturated heterocycles. The predicted molar refractivity (Wildman–Crippen MR) is 143 cm³/mol. The maximum Gasteiger partial charge on any atom is 0.143 e. The molecule has 1 fully saturated rings. The Morgan fingerprint density at radius 1 is 1.22 bits per heavy atom. The molecule has 0 radical (unpaired) electrons. The minimum absolute atomic E-state index is 0.338. The normalized spacial score (nSPS) is 17.3. The second-order valence-electron chi connectivity index (χ2n) is 10.0. The number of ether oxygens (including phenoxy) is 1. The molecule has 188 valence electrons. The number of hydrogen-bond acceptors (Lipinski definition) is 6. The zero-order valence-corrected chi connectivity index (χ0v) is 21.2. The molecule has 6 rings (SSSR count). The molecule has 0 amide bonds. The monoisotopic (exact) mass is 496 g/mol. The molecule has 3 aromatic carbocycles. The number of aromatic nitrogens is 2. The quantitative estimate of drug-likeness (QED) is 0.435. The lowest BCUT2D eigenvalue weighted by Crippen LogP contribution is -2.56. The third-order valence-electron chi connectivity index (χ3n) is 7.48. The van der Waals surface area contributed by atoms with Gasteiger partial charge in [-0.2, -0.15) is 10.4 Å². The molecule has 2 aliphatic rings. The summed E-state index contributed by atoms with van der Waals surface area (Å²) in [7, 11) is 3.98. The third-order valence-corrected chi connectivity index (χ3v) is 7.48. The van der Waals surface area contributed by atoms with E-state index >= 15 is 4.39 Å². The summed E-state index contributed by atoms with van der Waals surface area (Å²) in [5.41, 5.74) is 6.57. The van der Waals surface area contributed by atoms with Crippen LogP contribution in [0.4, 0.5) is 10.1 Å². The van der Waals surface area contributed by atoms with Crippen LogP contribution in [0.2, 0.25) is 0 Å². The van der Waals surface area contributed by atoms with Gasteiger partial charge in [0.15, 0.2) is 0 Å². The van der Waals surface area contributed by atoms with Gasteiger partial charge in [0.2, 0.25) is 0 Å². The van der Waals surface area contributed by atoms with Gasteiger partial charge in [0, 0.05) is 48.3 Å². The molecule has 1 unspecified atom stereocenters. The second kappa shape index (κ2) is 9.18. The van der Waals surface area contributed by atoms with Gasteiger partial charge in [0.1, 0.15) is 23.9 Å². The van der Waals surface area contributed by atoms with Crippen molar-refractivity contribution in [1.29, 1.82) is 5.26 Å². The number of fused-ring (bicyclic) bond motifs is 4. The lowest BCUT2D eigenvalue weighted by Gasteiger charge is -2.44. The SMILES string of the molecule is CNCc1cc(C)c(-c2cc3c(-c4ccc5c(c4)OCC4CN(C)CCN54)n[nH]c3cc2C#N)c(F)c1. The number of nitriles is 1. The fourth-order valence-corrected chi connectivity index (χ4v) is 5.72. The molecule has 0 spiro atoms. The molecular weight excluding hydrogens is 467 g/mol. The Bertz CT molecular complexity index is 1530. The molecule has 2 N–H and O–H groups in total. The first-order valence-corrected chi connectivity index (χ1v) is 12.6. The summed E-state index contributed by atoms with van der Waals surface area (Å²) in [6.07, 6.45) is 0. The van der Waals surface area contributed by atoms with E-state index in [0.29, 0.717) is 35.9 Å². The summed E-state index contributed by atoms with van der Waals surface area (Å²) in [6.45, 7) is 6.09. The van der Waals surface area contributed by atoms with Crippen molar-refractivity contribution < 1.29 is 9.13 Å². The predicted octanol–water partition coefficient (Wildman–Crippen LogP) is 4.45. The number of halogens is 1. The molecule has 3 heterocycles. The standard InChI is InChI=1S/C29H29FN6O/c1-17-8-18(14-32-2)9-24(30)28(17)22-12-23-25(10-20(22)13-31)33-34-29(23)19-4-5-26-27(11-19)37-16-21-15-35(3)6-7-36(21)26/h4-5,8-12,21,32H,6-7,14-16H2,1-3H3,(H,33,34). The molecule has 37 heavy (non-hydrogen) atoms. The lowest BCUT2D eigenvalue weighted by molar-refractivity contribution is 0.188. The van der Waals surface area contributed by atoms with Gasteiger partial charge in [0.25, 0.3) is 0 Å². The van der Waals surface area contributed by atoms with Crippen molar-refractivity contribution >= 4 is 16.6 Å². The molecule has 1 atom stereocenters. The van der Waals surface area contributed by atoms with Gasteiger partial charge in [-0.1, -0.05) is 12.1 Å². The average molecular weight is 497 g/mol. The largest absolute Gasteiger partial charge is 0.489 e. The van der Waals surface area contributed by atoms with Crippen molar-refractivity contribution in [2.75, 3.05) is 45.2 Å². The fraction of sp³-hybridized carbons (Fsp3) is 0.310. The topological polar surface area (TPSA) is 80.2 Å². The van der Waals surface area contributed by atoms with Crippen LogP contribution in [0, 0.1) is 24.1 Å². The van der Waals surface area contributed by atoms with E-state index in [-0.39, 0.29) is 5.82 Å². The molecule has 0 bridgehead atoms. The van der Waals surface area contributed by atoms with E-state index in [1.165, 1.54) is 6.07 Å². The number of anilines is 1. The van der Waals surface area contributed by atoms with Crippen molar-refractivity contribution in [1.82, 2.24) is 20.4 Å². The molecule has 4 aromatic rings. The highest BCUT2D eigenvalue weighted by atomic mass is 19.1. The highest BCUT2D eigenvalue weighted by Crippen LogP contribution is 2.41. The van der Waals surface area contributed by atoms with Gasteiger partial charge in [-0.05, 0) is 62.5 Å². The van der Waals surface area contributed by atoms with Crippen LogP contribution >= 0.6 is 0 Å². The number of likely N-dealkylation sites (N-methyl/N-ethyl adjacent to an activating group) is 1. The van der Waals surface area contributed by atoms with Crippen molar-refractivity contribution in [2.24, 2.45) is 0 Å². The number of aryl methyl sites for hydroxylation is 1. The minimum Gasteiger partial charge on any atom is -0.489 e. The zero-order valence-electron chi connectivity index (χ0n) is 21.2. The van der Waals surface area contributed by atoms with E-state index < -0.39 is 0 Å². The first kappa shape index (κ1) is 23.5. The van der Waals surface area contributed by atoms with E-state index in [0.717, 1.165) is 64.4 Å². The Morgan fingerprint density at radius 2 is 2.08 bits per heavy atom. The van der Waals surface area contributed by atoms with Crippen molar-refractivity contribution in [3.63, 3.8) is 0 Å². The van der Waals surface area contributed by atoms with Crippen molar-refractivity contribution in [3.8, 4) is 34.2 Å². The first-order valence-electron chi connectivity index (χ1n) is 12.6. The summed E-state index contributed by atoms with van der Waals surface area (Å²) >= 11 is 0. The molecule has 0 aliphatic carbocycles. The number of piperazine rings is 1. The van der Waals surface area contributed by atoms with Crippen LogP contribution in [-0.4, -0.2) is 61.5 Å². The number of nitrogens with zero attached hydrogens (tertiary/aromatic N) is 4. The molecule has 0 saturated carbocycles. The highest BCUT2D eigenvalue weighted by molar-refractivity contribution is 5.98. The number of aromatic amines is 1. The molecular formula is C29H29FN6O. The Labute approximate surface area is 215 Å². The zero-order chi connectivity index (χ0) is 25.7. The van der Waals surface area contributed by atoms with Crippen LogP contribution in [0.15, 0.2) is 42.5 Å². The smallest absolute Gasteiger partial charge is 0.143 e. The van der Waals surface area contributed by atoms with Crippen LogP contribution in [0.1, 0.15) is 16.7 Å². The first-order chi connectivity index (χ1) is 18.0. The third kappa shape index (κ3) is 4.01. The minimum atomic E-state index is -0.338. The van der Waals surface area contributed by atoms with Crippen LogP contribution in [-0.2, 0) is 6.54 Å².